The number of anilines is 1. The van der Waals surface area contributed by atoms with Crippen molar-refractivity contribution < 1.29 is 9.47 Å². The minimum atomic E-state index is -0.0386. The highest BCUT2D eigenvalue weighted by Gasteiger charge is 2.44. The summed E-state index contributed by atoms with van der Waals surface area (Å²) in [4.78, 5) is 6.41. The zero-order chi connectivity index (χ0) is 15.7. The van der Waals surface area contributed by atoms with E-state index in [2.05, 4.69) is 20.1 Å². The van der Waals surface area contributed by atoms with Crippen molar-refractivity contribution in [1.82, 2.24) is 15.2 Å². The Balaban J connectivity index is 1.34. The summed E-state index contributed by atoms with van der Waals surface area (Å²) in [6.07, 6.45) is 6.60. The number of pyridine rings is 1. The smallest absolute Gasteiger partial charge is 0.208 e. The normalized spacial score (nSPS) is 23.3. The Labute approximate surface area is 139 Å². The Morgan fingerprint density at radius 3 is 2.91 bits per heavy atom. The predicted molar refractivity (Wildman–Crippen MR) is 88.0 cm³/mol. The van der Waals surface area contributed by atoms with Gasteiger partial charge in [-0.1, -0.05) is 11.3 Å². The lowest BCUT2D eigenvalue weighted by atomic mass is 9.88. The zero-order valence-corrected chi connectivity index (χ0v) is 14.0. The molecule has 2 aliphatic heterocycles. The van der Waals surface area contributed by atoms with E-state index in [1.807, 2.05) is 19.1 Å². The molecular weight excluding hydrogens is 312 g/mol. The maximum absolute atomic E-state index is 6.15. The van der Waals surface area contributed by atoms with E-state index in [4.69, 9.17) is 9.47 Å². The molecule has 2 fully saturated rings. The van der Waals surface area contributed by atoms with Crippen LogP contribution in [0.15, 0.2) is 24.5 Å². The Kier molecular flexibility index (Phi) is 3.90. The van der Waals surface area contributed by atoms with Crippen molar-refractivity contribution in [2.45, 2.75) is 37.9 Å². The molecular formula is C16H20N4O2S. The van der Waals surface area contributed by atoms with Gasteiger partial charge in [-0.05, 0) is 31.9 Å². The van der Waals surface area contributed by atoms with Crippen LogP contribution in [-0.4, -0.2) is 46.6 Å². The van der Waals surface area contributed by atoms with Crippen molar-refractivity contribution in [3.8, 4) is 5.75 Å². The summed E-state index contributed by atoms with van der Waals surface area (Å²) in [5.41, 5.74) is -0.0386. The van der Waals surface area contributed by atoms with Gasteiger partial charge in [0.1, 0.15) is 16.9 Å². The molecule has 7 heteroatoms. The molecule has 2 saturated heterocycles. The molecule has 23 heavy (non-hydrogen) atoms. The summed E-state index contributed by atoms with van der Waals surface area (Å²) in [6, 6.07) is 3.84. The summed E-state index contributed by atoms with van der Waals surface area (Å²) in [6.45, 7) is 4.59. The van der Waals surface area contributed by atoms with Crippen LogP contribution in [0, 0.1) is 6.92 Å². The molecule has 0 aromatic carbocycles. The van der Waals surface area contributed by atoms with Gasteiger partial charge in [0.2, 0.25) is 5.13 Å². The van der Waals surface area contributed by atoms with Crippen LogP contribution in [0.5, 0.6) is 5.75 Å². The van der Waals surface area contributed by atoms with Gasteiger partial charge in [-0.3, -0.25) is 4.98 Å². The molecule has 0 radical (unpaired) electrons. The van der Waals surface area contributed by atoms with Crippen molar-refractivity contribution >= 4 is 16.5 Å². The minimum absolute atomic E-state index is 0.0386. The highest BCUT2D eigenvalue weighted by molar-refractivity contribution is 7.15. The molecule has 0 bridgehead atoms. The molecule has 2 aromatic rings. The number of ether oxygens (including phenoxy) is 2. The molecule has 4 heterocycles. The topological polar surface area (TPSA) is 60.4 Å². The fourth-order valence-electron chi connectivity index (χ4n) is 3.36. The summed E-state index contributed by atoms with van der Waals surface area (Å²) >= 11 is 1.66. The third kappa shape index (κ3) is 3.16. The quantitative estimate of drug-likeness (QED) is 0.860. The second kappa shape index (κ2) is 6.05. The maximum atomic E-state index is 6.15. The van der Waals surface area contributed by atoms with Crippen LogP contribution in [0.1, 0.15) is 24.3 Å². The van der Waals surface area contributed by atoms with Gasteiger partial charge in [-0.15, -0.1) is 10.2 Å². The molecule has 0 aliphatic carbocycles. The first-order valence-corrected chi connectivity index (χ1v) is 8.80. The fourth-order valence-corrected chi connectivity index (χ4v) is 4.09. The highest BCUT2D eigenvalue weighted by atomic mass is 32.1. The first-order chi connectivity index (χ1) is 11.2. The van der Waals surface area contributed by atoms with Gasteiger partial charge in [0.05, 0.1) is 18.4 Å². The number of aryl methyl sites for hydroxylation is 1. The predicted octanol–water partition coefficient (Wildman–Crippen LogP) is 2.45. The molecule has 1 spiro atoms. The van der Waals surface area contributed by atoms with E-state index in [1.54, 1.807) is 23.7 Å². The maximum Gasteiger partial charge on any atom is 0.208 e. The van der Waals surface area contributed by atoms with E-state index in [9.17, 15) is 0 Å². The summed E-state index contributed by atoms with van der Waals surface area (Å²) in [5, 5.41) is 10.4. The van der Waals surface area contributed by atoms with Crippen molar-refractivity contribution in [1.29, 1.82) is 0 Å². The molecule has 0 unspecified atom stereocenters. The Hall–Kier alpha value is -1.73. The number of hydrogen-bond donors (Lipinski definition) is 0. The van der Waals surface area contributed by atoms with E-state index in [0.29, 0.717) is 6.61 Å². The Morgan fingerprint density at radius 2 is 2.22 bits per heavy atom. The van der Waals surface area contributed by atoms with Crippen molar-refractivity contribution in [2.75, 3.05) is 24.6 Å². The van der Waals surface area contributed by atoms with Gasteiger partial charge < -0.3 is 14.4 Å². The fraction of sp³-hybridized carbons (Fsp3) is 0.562. The van der Waals surface area contributed by atoms with Crippen molar-refractivity contribution in [3.63, 3.8) is 0 Å². The first kappa shape index (κ1) is 14.8. The van der Waals surface area contributed by atoms with Crippen LogP contribution in [0.2, 0.25) is 0 Å². The lowest BCUT2D eigenvalue weighted by molar-refractivity contribution is -0.0162. The van der Waals surface area contributed by atoms with Crippen LogP contribution >= 0.6 is 11.3 Å². The largest absolute Gasteiger partial charge is 0.486 e. The van der Waals surface area contributed by atoms with E-state index < -0.39 is 0 Å². The number of piperidine rings is 1. The average molecular weight is 332 g/mol. The Bertz CT molecular complexity index is 655. The number of nitrogens with zero attached hydrogens (tertiary/aromatic N) is 4. The van der Waals surface area contributed by atoms with Gasteiger partial charge >= 0.3 is 0 Å². The summed E-state index contributed by atoms with van der Waals surface area (Å²) in [7, 11) is 0. The molecule has 2 aliphatic rings. The average Bonchev–Trinajstić information content (AvgIpc) is 3.17. The van der Waals surface area contributed by atoms with Gasteiger partial charge in [-0.2, -0.15) is 0 Å². The van der Waals surface area contributed by atoms with E-state index in [-0.39, 0.29) is 11.7 Å². The van der Waals surface area contributed by atoms with Crippen LogP contribution in [0.3, 0.4) is 0 Å². The van der Waals surface area contributed by atoms with E-state index >= 15 is 0 Å². The van der Waals surface area contributed by atoms with Crippen LogP contribution < -0.4 is 9.64 Å². The standard InChI is InChI=1S/C16H20N4O2S/c1-12-18-19-15(23-12)20-7-4-16(5-8-20)9-14(11-21-16)22-13-3-2-6-17-10-13/h2-3,6,10,14H,4-5,7-9,11H2,1H3/t14-/m1/s1. The van der Waals surface area contributed by atoms with E-state index in [0.717, 1.165) is 48.2 Å². The molecule has 6 nitrogen and oxygen atoms in total. The van der Waals surface area contributed by atoms with Gasteiger partial charge in [0.15, 0.2) is 0 Å². The summed E-state index contributed by atoms with van der Waals surface area (Å²) in [5.74, 6) is 0.819. The molecule has 122 valence electrons. The Morgan fingerprint density at radius 1 is 1.35 bits per heavy atom. The molecule has 4 rings (SSSR count). The molecule has 0 N–H and O–H groups in total. The third-order valence-electron chi connectivity index (χ3n) is 4.57. The lowest BCUT2D eigenvalue weighted by Crippen LogP contribution is -2.44. The monoisotopic (exact) mass is 332 g/mol. The second-order valence-electron chi connectivity index (χ2n) is 6.22. The van der Waals surface area contributed by atoms with Gasteiger partial charge in [0, 0.05) is 25.7 Å². The van der Waals surface area contributed by atoms with Crippen LogP contribution in [0.25, 0.3) is 0 Å². The molecule has 0 saturated carbocycles. The number of hydrogen-bond acceptors (Lipinski definition) is 7. The molecule has 0 amide bonds. The third-order valence-corrected chi connectivity index (χ3v) is 5.47. The van der Waals surface area contributed by atoms with Crippen LogP contribution in [-0.2, 0) is 4.74 Å². The van der Waals surface area contributed by atoms with Gasteiger partial charge in [0.25, 0.3) is 0 Å². The van der Waals surface area contributed by atoms with Crippen LogP contribution in [0.4, 0.5) is 5.13 Å². The second-order valence-corrected chi connectivity index (χ2v) is 7.38. The lowest BCUT2D eigenvalue weighted by Gasteiger charge is -2.38. The summed E-state index contributed by atoms with van der Waals surface area (Å²) < 4.78 is 12.1. The number of rotatable bonds is 3. The zero-order valence-electron chi connectivity index (χ0n) is 13.1. The van der Waals surface area contributed by atoms with Crippen molar-refractivity contribution in [2.24, 2.45) is 0 Å². The SMILES string of the molecule is Cc1nnc(N2CCC3(CC2)C[C@@H](Oc2cccnc2)CO3)s1. The van der Waals surface area contributed by atoms with Crippen molar-refractivity contribution in [3.05, 3.63) is 29.5 Å². The van der Waals surface area contributed by atoms with E-state index in [1.165, 1.54) is 0 Å². The van der Waals surface area contributed by atoms with Gasteiger partial charge in [-0.25, -0.2) is 0 Å². The number of aromatic nitrogens is 3. The highest BCUT2D eigenvalue weighted by Crippen LogP contribution is 2.38. The molecule has 1 atom stereocenters. The first-order valence-electron chi connectivity index (χ1n) is 7.98. The molecule has 2 aromatic heterocycles. The minimum Gasteiger partial charge on any atom is -0.486 e.